The van der Waals surface area contributed by atoms with E-state index in [0.717, 1.165) is 12.8 Å². The van der Waals surface area contributed by atoms with Crippen LogP contribution in [0.2, 0.25) is 0 Å². The molecule has 0 saturated heterocycles. The summed E-state index contributed by atoms with van der Waals surface area (Å²) in [4.78, 5) is 0. The van der Waals surface area contributed by atoms with Gasteiger partial charge >= 0.3 is 0 Å². The average molecular weight is 384 g/mol. The maximum atomic E-state index is 5.90. The number of nitrogens with two attached hydrogens (primary N) is 1. The fourth-order valence-corrected chi connectivity index (χ4v) is 3.83. The van der Waals surface area contributed by atoms with Crippen molar-refractivity contribution in [2.75, 3.05) is 0 Å². The number of hydrogen-bond donors (Lipinski definition) is 1. The van der Waals surface area contributed by atoms with Crippen LogP contribution in [-0.2, 0) is 4.74 Å². The van der Waals surface area contributed by atoms with Crippen LogP contribution in [0.1, 0.15) is 150 Å². The van der Waals surface area contributed by atoms with Gasteiger partial charge in [0.25, 0.3) is 0 Å². The predicted octanol–water partition coefficient (Wildman–Crippen LogP) is 8.52. The van der Waals surface area contributed by atoms with Crippen molar-refractivity contribution in [2.24, 2.45) is 5.73 Å². The highest BCUT2D eigenvalue weighted by Crippen LogP contribution is 2.21. The van der Waals surface area contributed by atoms with Crippen molar-refractivity contribution in [3.05, 3.63) is 0 Å². The molecule has 0 amide bonds. The number of hydrogen-bond acceptors (Lipinski definition) is 2. The molecule has 0 aliphatic heterocycles. The van der Waals surface area contributed by atoms with Gasteiger partial charge in [-0.05, 0) is 26.7 Å². The first-order valence-electron chi connectivity index (χ1n) is 12.4. The van der Waals surface area contributed by atoms with Crippen LogP contribution >= 0.6 is 0 Å². The van der Waals surface area contributed by atoms with E-state index in [2.05, 4.69) is 27.7 Å². The third kappa shape index (κ3) is 20.5. The molecule has 0 aromatic rings. The van der Waals surface area contributed by atoms with Gasteiger partial charge < -0.3 is 10.5 Å². The van der Waals surface area contributed by atoms with Crippen molar-refractivity contribution >= 4 is 0 Å². The first-order valence-corrected chi connectivity index (χ1v) is 12.4. The molecule has 2 N–H and O–H groups in total. The quantitative estimate of drug-likeness (QED) is 0.159. The van der Waals surface area contributed by atoms with Crippen LogP contribution in [0.5, 0.6) is 0 Å². The lowest BCUT2D eigenvalue weighted by Crippen LogP contribution is -2.35. The Bertz CT molecular complexity index is 290. The Balaban J connectivity index is 3.21. The molecular weight excluding hydrogens is 330 g/mol. The van der Waals surface area contributed by atoms with Crippen LogP contribution in [0.4, 0.5) is 0 Å². The summed E-state index contributed by atoms with van der Waals surface area (Å²) in [5.74, 6) is 0. The molecule has 27 heavy (non-hydrogen) atoms. The van der Waals surface area contributed by atoms with E-state index >= 15 is 0 Å². The fourth-order valence-electron chi connectivity index (χ4n) is 3.83. The Morgan fingerprint density at radius 2 is 0.926 bits per heavy atom. The second-order valence-electron chi connectivity index (χ2n) is 9.23. The van der Waals surface area contributed by atoms with Gasteiger partial charge in [0, 0.05) is 0 Å². The van der Waals surface area contributed by atoms with Gasteiger partial charge in [-0.25, -0.2) is 0 Å². The smallest absolute Gasteiger partial charge is 0.106 e. The summed E-state index contributed by atoms with van der Waals surface area (Å²) in [5.41, 5.74) is 5.84. The minimum atomic E-state index is -0.106. The van der Waals surface area contributed by atoms with Gasteiger partial charge in [-0.15, -0.1) is 0 Å². The summed E-state index contributed by atoms with van der Waals surface area (Å²) in [5, 5.41) is 0. The Morgan fingerprint density at radius 3 is 1.26 bits per heavy atom. The summed E-state index contributed by atoms with van der Waals surface area (Å²) in [7, 11) is 0. The molecule has 1 unspecified atom stereocenters. The molecule has 2 nitrogen and oxygen atoms in total. The molecule has 0 bridgehead atoms. The highest BCUT2D eigenvalue weighted by molar-refractivity contribution is 4.70. The van der Waals surface area contributed by atoms with Crippen molar-refractivity contribution < 1.29 is 4.74 Å². The van der Waals surface area contributed by atoms with E-state index in [9.17, 15) is 0 Å². The van der Waals surface area contributed by atoms with Gasteiger partial charge in [-0.1, -0.05) is 123 Å². The van der Waals surface area contributed by atoms with E-state index in [1.165, 1.54) is 109 Å². The van der Waals surface area contributed by atoms with E-state index < -0.39 is 0 Å². The number of unbranched alkanes of at least 4 members (excludes halogenated alkanes) is 16. The van der Waals surface area contributed by atoms with Crippen molar-refractivity contribution in [3.63, 3.8) is 0 Å². The Morgan fingerprint density at radius 1 is 0.593 bits per heavy atom. The largest absolute Gasteiger partial charge is 0.358 e. The summed E-state index contributed by atoms with van der Waals surface area (Å²) in [6.07, 6.45) is 26.1. The molecule has 0 fully saturated rings. The molecule has 0 aromatic heterocycles. The Hall–Kier alpha value is -0.0800. The van der Waals surface area contributed by atoms with E-state index in [4.69, 9.17) is 10.5 Å². The third-order valence-corrected chi connectivity index (χ3v) is 5.76. The molecule has 0 radical (unpaired) electrons. The van der Waals surface area contributed by atoms with Gasteiger partial charge in [0.1, 0.15) is 6.23 Å². The zero-order chi connectivity index (χ0) is 20.2. The van der Waals surface area contributed by atoms with Crippen LogP contribution in [-0.4, -0.2) is 11.8 Å². The van der Waals surface area contributed by atoms with E-state index in [1.54, 1.807) is 0 Å². The lowest BCUT2D eigenvalue weighted by Gasteiger charge is -2.28. The lowest BCUT2D eigenvalue weighted by molar-refractivity contribution is -0.0755. The first-order chi connectivity index (χ1) is 13.0. The normalized spacial score (nSPS) is 13.2. The molecule has 0 aromatic carbocycles. The van der Waals surface area contributed by atoms with E-state index in [1.807, 2.05) is 0 Å². The molecule has 2 heteroatoms. The predicted molar refractivity (Wildman–Crippen MR) is 122 cm³/mol. The SMILES string of the molecule is CCCCCCCCCCCCCCCCCCCC(C)(C)OC(N)CC. The van der Waals surface area contributed by atoms with Crippen molar-refractivity contribution in [3.8, 4) is 0 Å². The molecule has 1 atom stereocenters. The van der Waals surface area contributed by atoms with Crippen LogP contribution in [0.15, 0.2) is 0 Å². The summed E-state index contributed by atoms with van der Waals surface area (Å²) in [6, 6.07) is 0. The lowest BCUT2D eigenvalue weighted by atomic mass is 9.98. The highest BCUT2D eigenvalue weighted by Gasteiger charge is 2.20. The average Bonchev–Trinajstić information content (AvgIpc) is 2.63. The second kappa shape index (κ2) is 19.2. The van der Waals surface area contributed by atoms with Crippen LogP contribution in [0.25, 0.3) is 0 Å². The van der Waals surface area contributed by atoms with Crippen LogP contribution < -0.4 is 5.73 Å². The summed E-state index contributed by atoms with van der Waals surface area (Å²) >= 11 is 0. The molecule has 0 spiro atoms. The molecule has 0 aliphatic rings. The van der Waals surface area contributed by atoms with Crippen molar-refractivity contribution in [1.82, 2.24) is 0 Å². The standard InChI is InChI=1S/C25H53NO/c1-5-7-8-9-10-11-12-13-14-15-16-17-18-19-20-21-22-23-25(3,4)27-24(26)6-2/h24H,5-23,26H2,1-4H3. The van der Waals surface area contributed by atoms with Gasteiger partial charge in [0.15, 0.2) is 0 Å². The van der Waals surface area contributed by atoms with Gasteiger partial charge in [0.2, 0.25) is 0 Å². The second-order valence-corrected chi connectivity index (χ2v) is 9.23. The molecule has 0 aliphatic carbocycles. The zero-order valence-corrected chi connectivity index (χ0v) is 19.5. The molecule has 0 rings (SSSR count). The van der Waals surface area contributed by atoms with Gasteiger partial charge in [-0.2, -0.15) is 0 Å². The van der Waals surface area contributed by atoms with E-state index in [0.29, 0.717) is 0 Å². The minimum absolute atomic E-state index is 0.0646. The number of rotatable bonds is 21. The molecular formula is C25H53NO. The van der Waals surface area contributed by atoms with Crippen LogP contribution in [0.3, 0.4) is 0 Å². The molecule has 0 saturated carbocycles. The Kier molecular flexibility index (Phi) is 19.2. The molecule has 0 heterocycles. The topological polar surface area (TPSA) is 35.2 Å². The Labute approximate surface area is 172 Å². The van der Waals surface area contributed by atoms with Crippen molar-refractivity contribution in [2.45, 2.75) is 162 Å². The highest BCUT2D eigenvalue weighted by atomic mass is 16.5. The zero-order valence-electron chi connectivity index (χ0n) is 19.5. The maximum absolute atomic E-state index is 5.90. The number of ether oxygens (including phenoxy) is 1. The van der Waals surface area contributed by atoms with Gasteiger partial charge in [0.05, 0.1) is 5.60 Å². The van der Waals surface area contributed by atoms with Crippen molar-refractivity contribution in [1.29, 1.82) is 0 Å². The summed E-state index contributed by atoms with van der Waals surface area (Å²) < 4.78 is 5.89. The monoisotopic (exact) mass is 383 g/mol. The molecule has 164 valence electrons. The maximum Gasteiger partial charge on any atom is 0.106 e. The fraction of sp³-hybridized carbons (Fsp3) is 1.00. The first kappa shape index (κ1) is 26.9. The van der Waals surface area contributed by atoms with Gasteiger partial charge in [-0.3, -0.25) is 0 Å². The van der Waals surface area contributed by atoms with Crippen LogP contribution in [0, 0.1) is 0 Å². The minimum Gasteiger partial charge on any atom is -0.358 e. The van der Waals surface area contributed by atoms with E-state index in [-0.39, 0.29) is 11.8 Å². The third-order valence-electron chi connectivity index (χ3n) is 5.76. The summed E-state index contributed by atoms with van der Waals surface area (Å²) in [6.45, 7) is 8.72.